The first-order valence-corrected chi connectivity index (χ1v) is 7.21. The first-order valence-electron chi connectivity index (χ1n) is 7.21. The third-order valence-corrected chi connectivity index (χ3v) is 3.80. The average molecular weight is 271 g/mol. The number of para-hydroxylation sites is 1. The number of hydrogen-bond acceptors (Lipinski definition) is 2. The Bertz CT molecular complexity index is 584. The molecule has 1 aromatic heterocycles. The largest absolute Gasteiger partial charge is 0.461 e. The van der Waals surface area contributed by atoms with Gasteiger partial charge in [-0.1, -0.05) is 25.1 Å². The highest BCUT2D eigenvalue weighted by atomic mass is 16.3. The Kier molecular flexibility index (Phi) is 3.63. The van der Waals surface area contributed by atoms with Crippen molar-refractivity contribution in [2.24, 2.45) is 10.9 Å². The molecule has 0 spiro atoms. The van der Waals surface area contributed by atoms with E-state index >= 15 is 0 Å². The van der Waals surface area contributed by atoms with Gasteiger partial charge in [-0.25, -0.2) is 0 Å². The minimum absolute atomic E-state index is 0.590. The van der Waals surface area contributed by atoms with Gasteiger partial charge in [0, 0.05) is 31.4 Å². The number of hydrogen-bond donors (Lipinski definition) is 2. The minimum Gasteiger partial charge on any atom is -0.461 e. The van der Waals surface area contributed by atoms with Crippen molar-refractivity contribution in [3.63, 3.8) is 0 Å². The normalized spacial score (nSPS) is 22.0. The van der Waals surface area contributed by atoms with E-state index in [-0.39, 0.29) is 0 Å². The molecule has 1 aromatic carbocycles. The maximum absolute atomic E-state index is 5.79. The highest BCUT2D eigenvalue weighted by molar-refractivity contribution is 5.80. The summed E-state index contributed by atoms with van der Waals surface area (Å²) in [5.74, 6) is 2.66. The van der Waals surface area contributed by atoms with E-state index in [9.17, 15) is 0 Å². The Labute approximate surface area is 119 Å². The molecular formula is C16H21N3O. The lowest BCUT2D eigenvalue weighted by atomic mass is 10.2. The van der Waals surface area contributed by atoms with Gasteiger partial charge in [-0.15, -0.1) is 0 Å². The lowest BCUT2D eigenvalue weighted by molar-refractivity contribution is 0.544. The summed E-state index contributed by atoms with van der Waals surface area (Å²) in [6, 6.07) is 10.8. The van der Waals surface area contributed by atoms with Gasteiger partial charge < -0.3 is 15.1 Å². The van der Waals surface area contributed by atoms with Crippen molar-refractivity contribution in [1.29, 1.82) is 0 Å². The van der Waals surface area contributed by atoms with E-state index in [4.69, 9.17) is 4.42 Å². The van der Waals surface area contributed by atoms with Crippen molar-refractivity contribution in [3.8, 4) is 0 Å². The second kappa shape index (κ2) is 5.57. The molecular weight excluding hydrogens is 250 g/mol. The third-order valence-electron chi connectivity index (χ3n) is 3.80. The van der Waals surface area contributed by atoms with Crippen molar-refractivity contribution < 1.29 is 4.42 Å². The van der Waals surface area contributed by atoms with Gasteiger partial charge >= 0.3 is 0 Å². The molecule has 4 heteroatoms. The second-order valence-electron chi connectivity index (χ2n) is 5.46. The molecule has 0 saturated heterocycles. The summed E-state index contributed by atoms with van der Waals surface area (Å²) < 4.78 is 5.79. The first-order chi connectivity index (χ1) is 9.76. The Morgan fingerprint density at radius 2 is 2.20 bits per heavy atom. The summed E-state index contributed by atoms with van der Waals surface area (Å²) in [5, 5.41) is 7.91. The second-order valence-corrected chi connectivity index (χ2v) is 5.46. The summed E-state index contributed by atoms with van der Waals surface area (Å²) >= 11 is 0. The van der Waals surface area contributed by atoms with Crippen LogP contribution < -0.4 is 10.6 Å². The van der Waals surface area contributed by atoms with Crippen LogP contribution in [0.25, 0.3) is 11.0 Å². The molecule has 1 aliphatic carbocycles. The Morgan fingerprint density at radius 3 is 2.90 bits per heavy atom. The molecule has 1 fully saturated rings. The molecule has 2 N–H and O–H groups in total. The molecule has 106 valence electrons. The summed E-state index contributed by atoms with van der Waals surface area (Å²) in [7, 11) is 1.81. The highest BCUT2D eigenvalue weighted by Gasteiger charge is 2.33. The van der Waals surface area contributed by atoms with Crippen LogP contribution in [0.3, 0.4) is 0 Å². The number of rotatable bonds is 4. The van der Waals surface area contributed by atoms with Crippen LogP contribution in [0.4, 0.5) is 0 Å². The summed E-state index contributed by atoms with van der Waals surface area (Å²) in [6.45, 7) is 3.07. The molecule has 20 heavy (non-hydrogen) atoms. The van der Waals surface area contributed by atoms with Crippen LogP contribution in [0.1, 0.15) is 19.1 Å². The SMILES string of the molecule is CN=C(NCCc1cc2ccccc2o1)NC1CC1C. The Hall–Kier alpha value is -1.97. The smallest absolute Gasteiger partial charge is 0.191 e. The third kappa shape index (κ3) is 2.95. The topological polar surface area (TPSA) is 49.6 Å². The maximum atomic E-state index is 5.79. The number of aliphatic imine (C=N–C) groups is 1. The fraction of sp³-hybridized carbons (Fsp3) is 0.438. The molecule has 1 saturated carbocycles. The molecule has 0 amide bonds. The van der Waals surface area contributed by atoms with Gasteiger partial charge in [-0.3, -0.25) is 4.99 Å². The van der Waals surface area contributed by atoms with Crippen molar-refractivity contribution in [2.75, 3.05) is 13.6 Å². The predicted octanol–water partition coefficient (Wildman–Crippen LogP) is 2.55. The van der Waals surface area contributed by atoms with E-state index in [1.807, 2.05) is 25.2 Å². The first kappa shape index (κ1) is 13.0. The number of nitrogens with one attached hydrogen (secondary N) is 2. The quantitative estimate of drug-likeness (QED) is 0.663. The van der Waals surface area contributed by atoms with Crippen LogP contribution in [-0.2, 0) is 6.42 Å². The molecule has 0 radical (unpaired) electrons. The zero-order valence-electron chi connectivity index (χ0n) is 12.0. The van der Waals surface area contributed by atoms with Gasteiger partial charge in [-0.2, -0.15) is 0 Å². The highest BCUT2D eigenvalue weighted by Crippen LogP contribution is 2.28. The van der Waals surface area contributed by atoms with Crippen molar-refractivity contribution in [3.05, 3.63) is 36.1 Å². The molecule has 2 unspecified atom stereocenters. The summed E-state index contributed by atoms with van der Waals surface area (Å²) in [5.41, 5.74) is 0.955. The van der Waals surface area contributed by atoms with Gasteiger partial charge in [0.05, 0.1) is 0 Å². The van der Waals surface area contributed by atoms with E-state index in [2.05, 4.69) is 34.7 Å². The zero-order valence-corrected chi connectivity index (χ0v) is 12.0. The lowest BCUT2D eigenvalue weighted by Gasteiger charge is -2.10. The van der Waals surface area contributed by atoms with Crippen molar-refractivity contribution in [1.82, 2.24) is 10.6 Å². The van der Waals surface area contributed by atoms with Gasteiger partial charge in [-0.05, 0) is 24.5 Å². The van der Waals surface area contributed by atoms with Crippen LogP contribution >= 0.6 is 0 Å². The van der Waals surface area contributed by atoms with E-state index in [1.165, 1.54) is 6.42 Å². The summed E-state index contributed by atoms with van der Waals surface area (Å²) in [4.78, 5) is 4.24. The van der Waals surface area contributed by atoms with E-state index in [1.54, 1.807) is 0 Å². The van der Waals surface area contributed by atoms with Crippen LogP contribution in [0.5, 0.6) is 0 Å². The van der Waals surface area contributed by atoms with Crippen LogP contribution in [0, 0.1) is 5.92 Å². The van der Waals surface area contributed by atoms with E-state index < -0.39 is 0 Å². The van der Waals surface area contributed by atoms with Crippen LogP contribution in [0.2, 0.25) is 0 Å². The zero-order chi connectivity index (χ0) is 13.9. The molecule has 4 nitrogen and oxygen atoms in total. The number of furan rings is 1. The van der Waals surface area contributed by atoms with Crippen molar-refractivity contribution in [2.45, 2.75) is 25.8 Å². The van der Waals surface area contributed by atoms with Crippen molar-refractivity contribution >= 4 is 16.9 Å². The molecule has 1 heterocycles. The monoisotopic (exact) mass is 271 g/mol. The maximum Gasteiger partial charge on any atom is 0.191 e. The number of guanidine groups is 1. The van der Waals surface area contributed by atoms with Gasteiger partial charge in [0.1, 0.15) is 11.3 Å². The molecule has 3 rings (SSSR count). The molecule has 2 atom stereocenters. The number of nitrogens with zero attached hydrogens (tertiary/aromatic N) is 1. The fourth-order valence-electron chi connectivity index (χ4n) is 2.36. The molecule has 0 aliphatic heterocycles. The Morgan fingerprint density at radius 1 is 1.40 bits per heavy atom. The Balaban J connectivity index is 1.51. The van der Waals surface area contributed by atoms with Gasteiger partial charge in [0.2, 0.25) is 0 Å². The molecule has 1 aliphatic rings. The minimum atomic E-state index is 0.590. The standard InChI is InChI=1S/C16H21N3O/c1-11-9-14(11)19-16(17-2)18-8-7-13-10-12-5-3-4-6-15(12)20-13/h3-6,10-11,14H,7-9H2,1-2H3,(H2,17,18,19). The number of benzene rings is 1. The average Bonchev–Trinajstić information content (AvgIpc) is 3.00. The van der Waals surface area contributed by atoms with E-state index in [0.29, 0.717) is 6.04 Å². The fourth-order valence-corrected chi connectivity index (χ4v) is 2.36. The van der Waals surface area contributed by atoms with Crippen LogP contribution in [0.15, 0.2) is 39.7 Å². The predicted molar refractivity (Wildman–Crippen MR) is 82.0 cm³/mol. The number of fused-ring (bicyclic) bond motifs is 1. The van der Waals surface area contributed by atoms with E-state index in [0.717, 1.165) is 41.6 Å². The summed E-state index contributed by atoms with van der Waals surface area (Å²) in [6.07, 6.45) is 2.10. The van der Waals surface area contributed by atoms with Crippen LogP contribution in [-0.4, -0.2) is 25.6 Å². The van der Waals surface area contributed by atoms with Gasteiger partial charge in [0.25, 0.3) is 0 Å². The van der Waals surface area contributed by atoms with Gasteiger partial charge in [0.15, 0.2) is 5.96 Å². The molecule has 0 bridgehead atoms. The lowest BCUT2D eigenvalue weighted by Crippen LogP contribution is -2.39. The molecule has 2 aromatic rings.